The van der Waals surface area contributed by atoms with Gasteiger partial charge in [0.25, 0.3) is 5.69 Å². The van der Waals surface area contributed by atoms with Gasteiger partial charge in [-0.1, -0.05) is 42.5 Å². The van der Waals surface area contributed by atoms with Gasteiger partial charge in [0, 0.05) is 12.0 Å². The van der Waals surface area contributed by atoms with Crippen molar-refractivity contribution in [3.8, 4) is 0 Å². The zero-order chi connectivity index (χ0) is 18.5. The minimum Gasteiger partial charge on any atom is -0.372 e. The Hall–Kier alpha value is -2.83. The van der Waals surface area contributed by atoms with E-state index in [1.807, 2.05) is 12.2 Å². The van der Waals surface area contributed by atoms with E-state index in [0.29, 0.717) is 12.1 Å². The van der Waals surface area contributed by atoms with Crippen LogP contribution >= 0.6 is 0 Å². The number of allylic oxidation sites excluding steroid dienone is 2. The number of hydrogen-bond acceptors (Lipinski definition) is 3. The summed E-state index contributed by atoms with van der Waals surface area (Å²) in [5.74, 6) is -0.259. The first-order chi connectivity index (χ1) is 12.4. The van der Waals surface area contributed by atoms with Crippen molar-refractivity contribution in [3.05, 3.63) is 81.4 Å². The van der Waals surface area contributed by atoms with Crippen LogP contribution in [0.5, 0.6) is 0 Å². The van der Waals surface area contributed by atoms with Crippen LogP contribution in [0.1, 0.15) is 35.1 Å². The highest BCUT2D eigenvalue weighted by atomic mass is 19.4. The van der Waals surface area contributed by atoms with E-state index in [4.69, 9.17) is 0 Å². The molecular formula is C19H15F3N2O2. The summed E-state index contributed by atoms with van der Waals surface area (Å²) in [4.78, 5) is 10.9. The van der Waals surface area contributed by atoms with Gasteiger partial charge < -0.3 is 5.32 Å². The summed E-state index contributed by atoms with van der Waals surface area (Å²) in [5.41, 5.74) is 0.384. The van der Waals surface area contributed by atoms with E-state index in [2.05, 4.69) is 5.32 Å². The molecule has 0 radical (unpaired) electrons. The van der Waals surface area contributed by atoms with Gasteiger partial charge in [0.1, 0.15) is 5.69 Å². The van der Waals surface area contributed by atoms with E-state index in [-0.39, 0.29) is 23.1 Å². The summed E-state index contributed by atoms with van der Waals surface area (Å²) in [6.45, 7) is 0. The standard InChI is InChI=1S/C19H15F3N2O2/c20-19(21,22)15-9-2-1-5-14(15)17-12-7-3-6-11(12)13-8-4-10-16(24(25)26)18(13)23-17/h1-6,8-12,17,23H,7H2/t11-,12+,17+/m1/s1. The van der Waals surface area contributed by atoms with Crippen molar-refractivity contribution in [1.29, 1.82) is 0 Å². The number of nitrogens with zero attached hydrogens (tertiary/aromatic N) is 1. The Morgan fingerprint density at radius 1 is 1.08 bits per heavy atom. The van der Waals surface area contributed by atoms with E-state index in [1.54, 1.807) is 18.2 Å². The van der Waals surface area contributed by atoms with Gasteiger partial charge in [-0.3, -0.25) is 10.1 Å². The van der Waals surface area contributed by atoms with Gasteiger partial charge in [-0.2, -0.15) is 13.2 Å². The number of hydrogen-bond donors (Lipinski definition) is 1. The van der Waals surface area contributed by atoms with E-state index < -0.39 is 22.7 Å². The van der Waals surface area contributed by atoms with Gasteiger partial charge in [0.15, 0.2) is 0 Å². The number of anilines is 1. The number of para-hydroxylation sites is 1. The highest BCUT2D eigenvalue weighted by molar-refractivity contribution is 5.71. The average Bonchev–Trinajstić information content (AvgIpc) is 3.09. The quantitative estimate of drug-likeness (QED) is 0.441. The molecule has 2 aromatic rings. The molecule has 134 valence electrons. The van der Waals surface area contributed by atoms with Crippen LogP contribution in [0.25, 0.3) is 0 Å². The second-order valence-corrected chi connectivity index (χ2v) is 6.56. The predicted octanol–water partition coefficient (Wildman–Crippen LogP) is 5.44. The molecule has 1 aliphatic heterocycles. The van der Waals surface area contributed by atoms with E-state index >= 15 is 0 Å². The fourth-order valence-electron chi connectivity index (χ4n) is 4.09. The smallest absolute Gasteiger partial charge is 0.372 e. The molecule has 1 heterocycles. The summed E-state index contributed by atoms with van der Waals surface area (Å²) in [6, 6.07) is 9.58. The molecule has 0 amide bonds. The molecule has 7 heteroatoms. The molecule has 4 nitrogen and oxygen atoms in total. The maximum atomic E-state index is 13.5. The van der Waals surface area contributed by atoms with Crippen molar-refractivity contribution in [2.75, 3.05) is 5.32 Å². The Balaban J connectivity index is 1.88. The number of halogens is 3. The Kier molecular flexibility index (Phi) is 3.75. The second kappa shape index (κ2) is 5.86. The largest absolute Gasteiger partial charge is 0.416 e. The van der Waals surface area contributed by atoms with E-state index in [9.17, 15) is 23.3 Å². The summed E-state index contributed by atoms with van der Waals surface area (Å²) in [6.07, 6.45) is 0.0186. The Bertz CT molecular complexity index is 908. The van der Waals surface area contributed by atoms with Crippen molar-refractivity contribution in [3.63, 3.8) is 0 Å². The Morgan fingerprint density at radius 2 is 1.81 bits per heavy atom. The molecule has 26 heavy (non-hydrogen) atoms. The first kappa shape index (κ1) is 16.6. The van der Waals surface area contributed by atoms with Crippen molar-refractivity contribution < 1.29 is 18.1 Å². The van der Waals surface area contributed by atoms with Crippen LogP contribution in [0.15, 0.2) is 54.6 Å². The number of fused-ring (bicyclic) bond motifs is 3. The maximum Gasteiger partial charge on any atom is 0.416 e. The summed E-state index contributed by atoms with van der Waals surface area (Å²) < 4.78 is 40.5. The number of nitrogens with one attached hydrogen (secondary N) is 1. The van der Waals surface area contributed by atoms with Crippen LogP contribution in [-0.2, 0) is 6.18 Å². The molecule has 2 aromatic carbocycles. The fourth-order valence-corrected chi connectivity index (χ4v) is 4.09. The first-order valence-corrected chi connectivity index (χ1v) is 8.24. The van der Waals surface area contributed by atoms with Crippen LogP contribution in [-0.4, -0.2) is 4.92 Å². The molecule has 0 fully saturated rings. The summed E-state index contributed by atoms with van der Waals surface area (Å²) in [7, 11) is 0. The van der Waals surface area contributed by atoms with Crippen LogP contribution in [0.2, 0.25) is 0 Å². The molecule has 0 aromatic heterocycles. The minimum atomic E-state index is -4.48. The molecule has 0 spiro atoms. The van der Waals surface area contributed by atoms with Gasteiger partial charge in [0.2, 0.25) is 0 Å². The Morgan fingerprint density at radius 3 is 2.54 bits per heavy atom. The summed E-state index contributed by atoms with van der Waals surface area (Å²) in [5, 5.41) is 14.5. The maximum absolute atomic E-state index is 13.5. The van der Waals surface area contributed by atoms with Gasteiger partial charge in [-0.15, -0.1) is 0 Å². The molecule has 3 atom stereocenters. The van der Waals surface area contributed by atoms with Crippen LogP contribution < -0.4 is 5.32 Å². The fraction of sp³-hybridized carbons (Fsp3) is 0.263. The van der Waals surface area contributed by atoms with E-state index in [1.165, 1.54) is 18.2 Å². The molecule has 0 saturated heterocycles. The van der Waals surface area contributed by atoms with Crippen molar-refractivity contribution in [2.24, 2.45) is 5.92 Å². The third kappa shape index (κ3) is 2.55. The number of alkyl halides is 3. The van der Waals surface area contributed by atoms with Crippen LogP contribution in [0.4, 0.5) is 24.5 Å². The van der Waals surface area contributed by atoms with Gasteiger partial charge in [-0.25, -0.2) is 0 Å². The molecular weight excluding hydrogens is 345 g/mol. The lowest BCUT2D eigenvalue weighted by molar-refractivity contribution is -0.384. The van der Waals surface area contributed by atoms with Crippen LogP contribution in [0, 0.1) is 16.0 Å². The lowest BCUT2D eigenvalue weighted by atomic mass is 9.76. The molecule has 4 rings (SSSR count). The highest BCUT2D eigenvalue weighted by Crippen LogP contribution is 2.53. The predicted molar refractivity (Wildman–Crippen MR) is 90.9 cm³/mol. The van der Waals surface area contributed by atoms with Crippen LogP contribution in [0.3, 0.4) is 0 Å². The zero-order valence-electron chi connectivity index (χ0n) is 13.5. The number of benzene rings is 2. The lowest BCUT2D eigenvalue weighted by Crippen LogP contribution is -2.31. The Labute approximate surface area is 147 Å². The molecule has 1 aliphatic carbocycles. The van der Waals surface area contributed by atoms with E-state index in [0.717, 1.165) is 11.6 Å². The van der Waals surface area contributed by atoms with Gasteiger partial charge in [0.05, 0.1) is 16.5 Å². The third-order valence-corrected chi connectivity index (χ3v) is 5.17. The SMILES string of the molecule is O=[N+]([O-])c1cccc2c1N[C@H](c1ccccc1C(F)(F)F)[C@H]1CC=C[C@@H]21. The number of nitro benzene ring substituents is 1. The topological polar surface area (TPSA) is 55.2 Å². The van der Waals surface area contributed by atoms with Crippen molar-refractivity contribution in [2.45, 2.75) is 24.6 Å². The van der Waals surface area contributed by atoms with Crippen molar-refractivity contribution in [1.82, 2.24) is 0 Å². The average molecular weight is 360 g/mol. The molecule has 0 bridgehead atoms. The van der Waals surface area contributed by atoms with Gasteiger partial charge >= 0.3 is 6.18 Å². The first-order valence-electron chi connectivity index (χ1n) is 8.24. The highest BCUT2D eigenvalue weighted by Gasteiger charge is 2.43. The normalized spacial score (nSPS) is 23.9. The lowest BCUT2D eigenvalue weighted by Gasteiger charge is -2.38. The molecule has 0 unspecified atom stereocenters. The third-order valence-electron chi connectivity index (χ3n) is 5.17. The minimum absolute atomic E-state index is 0.115. The number of nitro groups is 1. The van der Waals surface area contributed by atoms with Gasteiger partial charge in [-0.05, 0) is 29.5 Å². The zero-order valence-corrected chi connectivity index (χ0v) is 13.5. The van der Waals surface area contributed by atoms with Crippen molar-refractivity contribution >= 4 is 11.4 Å². The number of rotatable bonds is 2. The molecule has 2 aliphatic rings. The summed E-state index contributed by atoms with van der Waals surface area (Å²) >= 11 is 0. The molecule has 0 saturated carbocycles. The monoisotopic (exact) mass is 360 g/mol. The molecule has 1 N–H and O–H groups in total. The second-order valence-electron chi connectivity index (χ2n) is 6.56.